The van der Waals surface area contributed by atoms with E-state index in [-0.39, 0.29) is 24.3 Å². The number of rotatable bonds is 2. The van der Waals surface area contributed by atoms with Crippen molar-refractivity contribution in [1.82, 2.24) is 4.90 Å². The molecule has 2 aliphatic heterocycles. The number of aliphatic hydroxyl groups excluding tert-OH is 1. The zero-order chi connectivity index (χ0) is 17.4. The average Bonchev–Trinajstić information content (AvgIpc) is 3.02. The highest BCUT2D eigenvalue weighted by Gasteiger charge is 2.36. The lowest BCUT2D eigenvalue weighted by molar-refractivity contribution is 0.0714. The monoisotopic (exact) mass is 343 g/mol. The quantitative estimate of drug-likeness (QED) is 0.910. The first kappa shape index (κ1) is 15.9. The van der Waals surface area contributed by atoms with Crippen LogP contribution in [0.2, 0.25) is 0 Å². The van der Waals surface area contributed by atoms with Gasteiger partial charge >= 0.3 is 0 Å². The van der Waals surface area contributed by atoms with E-state index in [1.54, 1.807) is 35.2 Å². The molecule has 0 unspecified atom stereocenters. The van der Waals surface area contributed by atoms with Gasteiger partial charge < -0.3 is 19.5 Å². The summed E-state index contributed by atoms with van der Waals surface area (Å²) in [6.07, 6.45) is -0.242. The van der Waals surface area contributed by atoms with Crippen molar-refractivity contribution in [2.24, 2.45) is 0 Å². The smallest absolute Gasteiger partial charge is 0.254 e. The van der Waals surface area contributed by atoms with Crippen LogP contribution < -0.4 is 9.47 Å². The van der Waals surface area contributed by atoms with Crippen molar-refractivity contribution in [2.75, 3.05) is 19.8 Å². The molecule has 2 heterocycles. The van der Waals surface area contributed by atoms with Crippen molar-refractivity contribution in [1.29, 1.82) is 0 Å². The highest BCUT2D eigenvalue weighted by molar-refractivity contribution is 5.95. The third kappa shape index (κ3) is 3.05. The van der Waals surface area contributed by atoms with Crippen molar-refractivity contribution < 1.29 is 23.8 Å². The Balaban J connectivity index is 1.63. The molecule has 1 fully saturated rings. The maximum absolute atomic E-state index is 13.6. The van der Waals surface area contributed by atoms with Gasteiger partial charge in [0.15, 0.2) is 11.5 Å². The number of ether oxygens (including phenoxy) is 2. The minimum Gasteiger partial charge on any atom is -0.486 e. The van der Waals surface area contributed by atoms with Crippen molar-refractivity contribution in [2.45, 2.75) is 18.6 Å². The van der Waals surface area contributed by atoms with Crippen molar-refractivity contribution >= 4 is 5.91 Å². The Labute approximate surface area is 144 Å². The summed E-state index contributed by atoms with van der Waals surface area (Å²) >= 11 is 0. The molecule has 2 aliphatic rings. The molecular weight excluding hydrogens is 325 g/mol. The van der Waals surface area contributed by atoms with Crippen LogP contribution >= 0.6 is 0 Å². The number of halogens is 1. The Morgan fingerprint density at radius 2 is 1.92 bits per heavy atom. The zero-order valence-electron chi connectivity index (χ0n) is 13.5. The second-order valence-electron chi connectivity index (χ2n) is 6.28. The van der Waals surface area contributed by atoms with E-state index in [9.17, 15) is 14.3 Å². The summed E-state index contributed by atoms with van der Waals surface area (Å²) in [4.78, 5) is 14.6. The van der Waals surface area contributed by atoms with Crippen molar-refractivity contribution in [3.05, 3.63) is 59.4 Å². The number of hydrogen-bond donors (Lipinski definition) is 1. The van der Waals surface area contributed by atoms with Crippen molar-refractivity contribution in [3.63, 3.8) is 0 Å². The molecule has 1 N–H and O–H groups in total. The highest BCUT2D eigenvalue weighted by atomic mass is 19.1. The van der Waals surface area contributed by atoms with Gasteiger partial charge in [-0.3, -0.25) is 4.79 Å². The first-order valence-electron chi connectivity index (χ1n) is 8.26. The number of likely N-dealkylation sites (tertiary alicyclic amines) is 1. The van der Waals surface area contributed by atoms with Crippen LogP contribution in [0.1, 0.15) is 28.4 Å². The summed E-state index contributed by atoms with van der Waals surface area (Å²) in [5.41, 5.74) is 1.14. The fourth-order valence-electron chi connectivity index (χ4n) is 3.41. The maximum atomic E-state index is 13.6. The molecule has 1 amide bonds. The van der Waals surface area contributed by atoms with Gasteiger partial charge in [-0.15, -0.1) is 0 Å². The highest BCUT2D eigenvalue weighted by Crippen LogP contribution is 2.36. The molecular formula is C19H18FNO4. The number of fused-ring (bicyclic) bond motifs is 1. The molecule has 0 saturated carbocycles. The SMILES string of the molecule is O=C(c1ccc2c(c1)OCCO2)N1C[C@@H](O)C[C@@H]1c1cccc(F)c1. The van der Waals surface area contributed by atoms with E-state index >= 15 is 0 Å². The van der Waals surface area contributed by atoms with Gasteiger partial charge in [-0.2, -0.15) is 0 Å². The number of benzene rings is 2. The standard InChI is InChI=1S/C19H18FNO4/c20-14-3-1-2-12(8-14)16-10-15(22)11-21(16)19(23)13-4-5-17-18(9-13)25-7-6-24-17/h1-5,8-9,15-16,22H,6-7,10-11H2/t15-,16+/m0/s1. The number of amides is 1. The normalized spacial score (nSPS) is 22.1. The fraction of sp³-hybridized carbons (Fsp3) is 0.316. The van der Waals surface area contributed by atoms with E-state index in [1.165, 1.54) is 12.1 Å². The number of hydrogen-bond acceptors (Lipinski definition) is 4. The van der Waals surface area contributed by atoms with Gasteiger partial charge in [-0.05, 0) is 42.3 Å². The fourth-order valence-corrected chi connectivity index (χ4v) is 3.41. The summed E-state index contributed by atoms with van der Waals surface area (Å²) in [5, 5.41) is 10.1. The lowest BCUT2D eigenvalue weighted by atomic mass is 10.0. The molecule has 6 heteroatoms. The molecule has 0 bridgehead atoms. The van der Waals surface area contributed by atoms with Crippen LogP contribution in [-0.2, 0) is 0 Å². The molecule has 130 valence electrons. The molecule has 0 radical (unpaired) electrons. The largest absolute Gasteiger partial charge is 0.486 e. The van der Waals surface area contributed by atoms with Crippen LogP contribution in [0.3, 0.4) is 0 Å². The van der Waals surface area contributed by atoms with Crippen LogP contribution in [0.15, 0.2) is 42.5 Å². The number of carbonyl (C=O) groups excluding carboxylic acids is 1. The Kier molecular flexibility index (Phi) is 4.05. The van der Waals surface area contributed by atoms with Crippen LogP contribution in [0, 0.1) is 5.82 Å². The lowest BCUT2D eigenvalue weighted by Crippen LogP contribution is -2.32. The van der Waals surface area contributed by atoms with Gasteiger partial charge in [-0.25, -0.2) is 4.39 Å². The molecule has 2 aromatic rings. The molecule has 1 saturated heterocycles. The van der Waals surface area contributed by atoms with Crippen LogP contribution in [0.4, 0.5) is 4.39 Å². The Hall–Kier alpha value is -2.60. The Bertz CT molecular complexity index is 810. The Morgan fingerprint density at radius 3 is 2.72 bits per heavy atom. The molecule has 2 aromatic carbocycles. The summed E-state index contributed by atoms with van der Waals surface area (Å²) < 4.78 is 24.6. The molecule has 5 nitrogen and oxygen atoms in total. The molecule has 0 aliphatic carbocycles. The van der Waals surface area contributed by atoms with Gasteiger partial charge in [0.05, 0.1) is 12.1 Å². The van der Waals surface area contributed by atoms with Gasteiger partial charge in [0.1, 0.15) is 19.0 Å². The first-order chi connectivity index (χ1) is 12.1. The number of aliphatic hydroxyl groups is 1. The summed E-state index contributed by atoms with van der Waals surface area (Å²) in [5.74, 6) is 0.582. The van der Waals surface area contributed by atoms with E-state index in [0.29, 0.717) is 42.3 Å². The van der Waals surface area contributed by atoms with Crippen LogP contribution in [-0.4, -0.2) is 41.8 Å². The third-order valence-corrected chi connectivity index (χ3v) is 4.56. The van der Waals surface area contributed by atoms with E-state index < -0.39 is 6.10 Å². The van der Waals surface area contributed by atoms with Crippen LogP contribution in [0.5, 0.6) is 11.5 Å². The predicted octanol–water partition coefficient (Wildman–Crippen LogP) is 2.55. The van der Waals surface area contributed by atoms with E-state index in [2.05, 4.69) is 0 Å². The van der Waals surface area contributed by atoms with Crippen LogP contribution in [0.25, 0.3) is 0 Å². The summed E-state index contributed by atoms with van der Waals surface area (Å²) in [7, 11) is 0. The molecule has 25 heavy (non-hydrogen) atoms. The molecule has 0 spiro atoms. The summed E-state index contributed by atoms with van der Waals surface area (Å²) in [6, 6.07) is 10.9. The predicted molar refractivity (Wildman–Crippen MR) is 88.2 cm³/mol. The lowest BCUT2D eigenvalue weighted by Gasteiger charge is -2.26. The molecule has 4 rings (SSSR count). The van der Waals surface area contributed by atoms with E-state index in [1.807, 2.05) is 0 Å². The second kappa shape index (κ2) is 6.37. The van der Waals surface area contributed by atoms with Gasteiger partial charge in [-0.1, -0.05) is 12.1 Å². The number of β-amino-alcohol motifs (C(OH)–C–C–N with tert-alkyl or cyclic N) is 1. The van der Waals surface area contributed by atoms with E-state index in [0.717, 1.165) is 0 Å². The van der Waals surface area contributed by atoms with Gasteiger partial charge in [0.2, 0.25) is 0 Å². The topological polar surface area (TPSA) is 59.0 Å². The minimum absolute atomic E-state index is 0.217. The summed E-state index contributed by atoms with van der Waals surface area (Å²) in [6.45, 7) is 1.15. The maximum Gasteiger partial charge on any atom is 0.254 e. The molecule has 2 atom stereocenters. The molecule has 0 aromatic heterocycles. The zero-order valence-corrected chi connectivity index (χ0v) is 13.5. The van der Waals surface area contributed by atoms with Crippen molar-refractivity contribution in [3.8, 4) is 11.5 Å². The minimum atomic E-state index is -0.630. The second-order valence-corrected chi connectivity index (χ2v) is 6.28. The Morgan fingerprint density at radius 1 is 1.12 bits per heavy atom. The van der Waals surface area contributed by atoms with Gasteiger partial charge in [0, 0.05) is 12.1 Å². The van der Waals surface area contributed by atoms with Gasteiger partial charge in [0.25, 0.3) is 5.91 Å². The first-order valence-corrected chi connectivity index (χ1v) is 8.26. The number of carbonyl (C=O) groups is 1. The number of nitrogens with zero attached hydrogens (tertiary/aromatic N) is 1. The average molecular weight is 343 g/mol. The van der Waals surface area contributed by atoms with E-state index in [4.69, 9.17) is 9.47 Å². The third-order valence-electron chi connectivity index (χ3n) is 4.56.